The van der Waals surface area contributed by atoms with Crippen LogP contribution in [0.4, 0.5) is 11.4 Å². The van der Waals surface area contributed by atoms with Crippen molar-refractivity contribution in [2.75, 3.05) is 6.54 Å². The number of amides is 2. The Kier molecular flexibility index (Phi) is 6.47. The van der Waals surface area contributed by atoms with Crippen molar-refractivity contribution in [2.24, 2.45) is 5.10 Å². The van der Waals surface area contributed by atoms with E-state index >= 15 is 0 Å². The summed E-state index contributed by atoms with van der Waals surface area (Å²) in [5.74, 6) is -1.28. The van der Waals surface area contributed by atoms with Gasteiger partial charge in [-0.15, -0.1) is 0 Å². The number of nitrogens with zero attached hydrogens (tertiary/aromatic N) is 3. The van der Waals surface area contributed by atoms with Gasteiger partial charge < -0.3 is 5.32 Å². The molecule has 11 nitrogen and oxygen atoms in total. The van der Waals surface area contributed by atoms with Crippen LogP contribution >= 0.6 is 0 Å². The van der Waals surface area contributed by atoms with Crippen LogP contribution in [0.5, 0.6) is 0 Å². The Labute approximate surface area is 158 Å². The molecule has 0 saturated carbocycles. The van der Waals surface area contributed by atoms with Crippen LogP contribution in [0.3, 0.4) is 0 Å². The molecule has 0 heterocycles. The average molecular weight is 385 g/mol. The zero-order chi connectivity index (χ0) is 20.7. The SMILES string of the molecule is Cc1c(C(=O)NCC(=O)N/N=C/c2cccc([N+](=O)[O-])c2)cccc1[N+](=O)[O-]. The van der Waals surface area contributed by atoms with E-state index in [-0.39, 0.29) is 22.5 Å². The number of benzene rings is 2. The summed E-state index contributed by atoms with van der Waals surface area (Å²) in [5, 5.41) is 27.6. The summed E-state index contributed by atoms with van der Waals surface area (Å²) in [7, 11) is 0. The number of rotatable bonds is 7. The molecule has 0 spiro atoms. The summed E-state index contributed by atoms with van der Waals surface area (Å²) < 4.78 is 0. The van der Waals surface area contributed by atoms with Gasteiger partial charge in [-0.3, -0.25) is 29.8 Å². The second kappa shape index (κ2) is 8.98. The first-order chi connectivity index (χ1) is 13.3. The fourth-order valence-corrected chi connectivity index (χ4v) is 2.26. The van der Waals surface area contributed by atoms with Crippen molar-refractivity contribution in [1.82, 2.24) is 10.7 Å². The quantitative estimate of drug-likeness (QED) is 0.419. The summed E-state index contributed by atoms with van der Waals surface area (Å²) in [5.41, 5.74) is 2.54. The predicted octanol–water partition coefficient (Wildman–Crippen LogP) is 1.69. The van der Waals surface area contributed by atoms with E-state index in [2.05, 4.69) is 15.8 Å². The van der Waals surface area contributed by atoms with E-state index in [1.54, 1.807) is 6.07 Å². The maximum Gasteiger partial charge on any atom is 0.273 e. The summed E-state index contributed by atoms with van der Waals surface area (Å²) >= 11 is 0. The number of nitro groups is 2. The topological polar surface area (TPSA) is 157 Å². The van der Waals surface area contributed by atoms with Crippen LogP contribution in [0, 0.1) is 27.2 Å². The Morgan fingerprint density at radius 1 is 1.11 bits per heavy atom. The van der Waals surface area contributed by atoms with E-state index in [1.165, 1.54) is 49.5 Å². The zero-order valence-electron chi connectivity index (χ0n) is 14.6. The number of nitro benzene ring substituents is 2. The van der Waals surface area contributed by atoms with Crippen LogP contribution in [0.25, 0.3) is 0 Å². The normalized spacial score (nSPS) is 10.5. The first-order valence-electron chi connectivity index (χ1n) is 7.88. The van der Waals surface area contributed by atoms with Gasteiger partial charge in [-0.1, -0.05) is 18.2 Å². The van der Waals surface area contributed by atoms with Gasteiger partial charge in [0, 0.05) is 34.9 Å². The smallest absolute Gasteiger partial charge is 0.273 e. The Balaban J connectivity index is 1.91. The molecule has 2 N–H and O–H groups in total. The minimum Gasteiger partial charge on any atom is -0.343 e. The van der Waals surface area contributed by atoms with Crippen molar-refractivity contribution in [3.05, 3.63) is 79.4 Å². The van der Waals surface area contributed by atoms with E-state index in [4.69, 9.17) is 0 Å². The number of hydrogen-bond donors (Lipinski definition) is 2. The van der Waals surface area contributed by atoms with Crippen LogP contribution in [-0.2, 0) is 4.79 Å². The Hall–Kier alpha value is -4.15. The minimum absolute atomic E-state index is 0.0853. The molecule has 0 radical (unpaired) electrons. The standard InChI is InChI=1S/C17H15N5O6/c1-11-14(6-3-7-15(11)22(27)28)17(24)18-10-16(23)20-19-9-12-4-2-5-13(8-12)21(25)26/h2-9H,10H2,1H3,(H,18,24)(H,20,23)/b19-9+. The lowest BCUT2D eigenvalue weighted by Gasteiger charge is -2.07. The van der Waals surface area contributed by atoms with Crippen molar-refractivity contribution in [2.45, 2.75) is 6.92 Å². The lowest BCUT2D eigenvalue weighted by molar-refractivity contribution is -0.385. The monoisotopic (exact) mass is 385 g/mol. The second-order valence-corrected chi connectivity index (χ2v) is 5.53. The van der Waals surface area contributed by atoms with Crippen molar-refractivity contribution in [1.29, 1.82) is 0 Å². The third-order valence-electron chi connectivity index (χ3n) is 3.64. The van der Waals surface area contributed by atoms with Gasteiger partial charge in [0.15, 0.2) is 0 Å². The zero-order valence-corrected chi connectivity index (χ0v) is 14.6. The van der Waals surface area contributed by atoms with E-state index < -0.39 is 28.2 Å². The van der Waals surface area contributed by atoms with Crippen molar-refractivity contribution in [3.8, 4) is 0 Å². The Bertz CT molecular complexity index is 972. The van der Waals surface area contributed by atoms with Crippen LogP contribution in [0.15, 0.2) is 47.6 Å². The summed E-state index contributed by atoms with van der Waals surface area (Å²) in [6.45, 7) is 1.03. The third kappa shape index (κ3) is 5.17. The molecule has 0 atom stereocenters. The van der Waals surface area contributed by atoms with Crippen molar-refractivity contribution >= 4 is 29.4 Å². The molecule has 2 rings (SSSR count). The van der Waals surface area contributed by atoms with E-state index in [1.807, 2.05) is 0 Å². The maximum absolute atomic E-state index is 12.1. The Morgan fingerprint density at radius 2 is 1.82 bits per heavy atom. The van der Waals surface area contributed by atoms with Gasteiger partial charge in [-0.05, 0) is 13.0 Å². The molecule has 11 heteroatoms. The van der Waals surface area contributed by atoms with Crippen molar-refractivity contribution in [3.63, 3.8) is 0 Å². The molecule has 0 fully saturated rings. The van der Waals surface area contributed by atoms with Gasteiger partial charge in [-0.25, -0.2) is 5.43 Å². The largest absolute Gasteiger partial charge is 0.343 e. The van der Waals surface area contributed by atoms with Crippen molar-refractivity contribution < 1.29 is 19.4 Å². The number of nitrogens with one attached hydrogen (secondary N) is 2. The number of carbonyl (C=O) groups is 2. The number of hydrazone groups is 1. The molecule has 2 amide bonds. The number of non-ortho nitro benzene ring substituents is 1. The maximum atomic E-state index is 12.1. The molecule has 144 valence electrons. The van der Waals surface area contributed by atoms with Gasteiger partial charge in [-0.2, -0.15) is 5.10 Å². The van der Waals surface area contributed by atoms with E-state index in [0.717, 1.165) is 0 Å². The lowest BCUT2D eigenvalue weighted by atomic mass is 10.1. The molecular formula is C17H15N5O6. The summed E-state index contributed by atoms with van der Waals surface area (Å²) in [4.78, 5) is 44.3. The minimum atomic E-state index is -0.641. The molecule has 2 aromatic carbocycles. The molecule has 0 aromatic heterocycles. The highest BCUT2D eigenvalue weighted by molar-refractivity contribution is 5.98. The van der Waals surface area contributed by atoms with E-state index in [9.17, 15) is 29.8 Å². The second-order valence-electron chi connectivity index (χ2n) is 5.53. The number of hydrogen-bond acceptors (Lipinski definition) is 7. The van der Waals surface area contributed by atoms with Gasteiger partial charge in [0.1, 0.15) is 0 Å². The highest BCUT2D eigenvalue weighted by Gasteiger charge is 2.18. The molecule has 0 aliphatic rings. The van der Waals surface area contributed by atoms with Crippen LogP contribution < -0.4 is 10.7 Å². The first kappa shape index (κ1) is 20.2. The summed E-state index contributed by atoms with van der Waals surface area (Å²) in [6.07, 6.45) is 1.22. The summed E-state index contributed by atoms with van der Waals surface area (Å²) in [6, 6.07) is 9.71. The first-order valence-corrected chi connectivity index (χ1v) is 7.88. The number of carbonyl (C=O) groups excluding carboxylic acids is 2. The Morgan fingerprint density at radius 3 is 2.50 bits per heavy atom. The third-order valence-corrected chi connectivity index (χ3v) is 3.64. The molecule has 0 aliphatic heterocycles. The van der Waals surface area contributed by atoms with Gasteiger partial charge >= 0.3 is 0 Å². The van der Waals surface area contributed by atoms with Gasteiger partial charge in [0.05, 0.1) is 22.6 Å². The highest BCUT2D eigenvalue weighted by atomic mass is 16.6. The average Bonchev–Trinajstić information content (AvgIpc) is 2.66. The van der Waals surface area contributed by atoms with Gasteiger partial charge in [0.25, 0.3) is 23.2 Å². The van der Waals surface area contributed by atoms with Crippen LogP contribution in [0.1, 0.15) is 21.5 Å². The molecule has 0 aliphatic carbocycles. The lowest BCUT2D eigenvalue weighted by Crippen LogP contribution is -2.35. The van der Waals surface area contributed by atoms with Gasteiger partial charge in [0.2, 0.25) is 0 Å². The highest BCUT2D eigenvalue weighted by Crippen LogP contribution is 2.20. The molecule has 0 unspecified atom stereocenters. The molecule has 2 aromatic rings. The molecule has 0 saturated heterocycles. The molecule has 0 bridgehead atoms. The fourth-order valence-electron chi connectivity index (χ4n) is 2.26. The predicted molar refractivity (Wildman–Crippen MR) is 99.0 cm³/mol. The van der Waals surface area contributed by atoms with E-state index in [0.29, 0.717) is 5.56 Å². The van der Waals surface area contributed by atoms with Crippen LogP contribution in [0.2, 0.25) is 0 Å². The molecule has 28 heavy (non-hydrogen) atoms. The molecular weight excluding hydrogens is 370 g/mol. The van der Waals surface area contributed by atoms with Crippen LogP contribution in [-0.4, -0.2) is 34.4 Å². The fraction of sp³-hybridized carbons (Fsp3) is 0.118.